The summed E-state index contributed by atoms with van der Waals surface area (Å²) in [5, 5.41) is 4.47. The topological polar surface area (TPSA) is 80.8 Å². The van der Waals surface area contributed by atoms with Gasteiger partial charge in [0, 0.05) is 36.0 Å². The Morgan fingerprint density at radius 3 is 2.40 bits per heavy atom. The van der Waals surface area contributed by atoms with E-state index in [1.54, 1.807) is 25.4 Å². The minimum Gasteiger partial charge on any atom is -0.496 e. The van der Waals surface area contributed by atoms with Crippen molar-refractivity contribution in [2.75, 3.05) is 38.7 Å². The third-order valence-electron chi connectivity index (χ3n) is 6.21. The summed E-state index contributed by atoms with van der Waals surface area (Å²) in [6.07, 6.45) is 1.78. The molecule has 4 aromatic rings. The quantitative estimate of drug-likeness (QED) is 0.411. The van der Waals surface area contributed by atoms with Crippen molar-refractivity contribution in [3.05, 3.63) is 78.5 Å². The monoisotopic (exact) mass is 489 g/mol. The molecule has 0 aliphatic carbocycles. The highest BCUT2D eigenvalue weighted by Gasteiger charge is 2.26. The molecule has 0 saturated carbocycles. The van der Waals surface area contributed by atoms with Crippen LogP contribution < -0.4 is 10.1 Å². The van der Waals surface area contributed by atoms with Crippen LogP contribution in [-0.4, -0.2) is 51.1 Å². The van der Waals surface area contributed by atoms with Crippen molar-refractivity contribution >= 4 is 32.3 Å². The molecule has 0 unspecified atom stereocenters. The van der Waals surface area contributed by atoms with Gasteiger partial charge in [-0.1, -0.05) is 18.2 Å². The molecule has 5 rings (SSSR count). The first-order chi connectivity index (χ1) is 17.0. The zero-order valence-corrected chi connectivity index (χ0v) is 20.5. The molecule has 2 heterocycles. The Bertz CT molecular complexity index is 1460. The first-order valence-electron chi connectivity index (χ1n) is 11.4. The minimum absolute atomic E-state index is 0.294. The Hall–Kier alpha value is -3.46. The second-order valence-electron chi connectivity index (χ2n) is 8.44. The van der Waals surface area contributed by atoms with Crippen LogP contribution in [0.2, 0.25) is 0 Å². The number of hydrogen-bond donors (Lipinski definition) is 1. The summed E-state index contributed by atoms with van der Waals surface area (Å²) >= 11 is 0. The summed E-state index contributed by atoms with van der Waals surface area (Å²) in [6.45, 7) is 3.62. The SMILES string of the molecule is COc1ccc(Nc2ccnc3ccc(-c4ccc(S(=O)(=O)N5CCOCC5)cc4)cc23)cc1C. The molecule has 1 fully saturated rings. The number of morpholine rings is 1. The van der Waals surface area contributed by atoms with Gasteiger partial charge >= 0.3 is 0 Å². The maximum atomic E-state index is 12.9. The van der Waals surface area contributed by atoms with Gasteiger partial charge in [0.25, 0.3) is 0 Å². The van der Waals surface area contributed by atoms with Gasteiger partial charge in [-0.25, -0.2) is 8.42 Å². The van der Waals surface area contributed by atoms with E-state index in [4.69, 9.17) is 9.47 Å². The molecule has 1 N–H and O–H groups in total. The lowest BCUT2D eigenvalue weighted by Crippen LogP contribution is -2.40. The van der Waals surface area contributed by atoms with Crippen molar-refractivity contribution in [2.45, 2.75) is 11.8 Å². The highest BCUT2D eigenvalue weighted by molar-refractivity contribution is 7.89. The van der Waals surface area contributed by atoms with Crippen molar-refractivity contribution in [3.8, 4) is 16.9 Å². The molecule has 35 heavy (non-hydrogen) atoms. The van der Waals surface area contributed by atoms with Gasteiger partial charge in [-0.2, -0.15) is 4.31 Å². The normalized spacial score (nSPS) is 14.7. The van der Waals surface area contributed by atoms with Crippen molar-refractivity contribution < 1.29 is 17.9 Å². The number of aryl methyl sites for hydroxylation is 1. The van der Waals surface area contributed by atoms with Crippen LogP contribution in [0.15, 0.2) is 77.8 Å². The first kappa shape index (κ1) is 23.3. The predicted molar refractivity (Wildman–Crippen MR) is 138 cm³/mol. The van der Waals surface area contributed by atoms with E-state index >= 15 is 0 Å². The minimum atomic E-state index is -3.52. The van der Waals surface area contributed by atoms with Crippen molar-refractivity contribution in [3.63, 3.8) is 0 Å². The number of benzene rings is 3. The fraction of sp³-hybridized carbons (Fsp3) is 0.222. The molecule has 3 aromatic carbocycles. The van der Waals surface area contributed by atoms with Gasteiger partial charge in [0.15, 0.2) is 0 Å². The van der Waals surface area contributed by atoms with Gasteiger partial charge in [-0.05, 0) is 72.1 Å². The number of hydrogen-bond acceptors (Lipinski definition) is 6. The second-order valence-corrected chi connectivity index (χ2v) is 10.4. The van der Waals surface area contributed by atoms with E-state index in [9.17, 15) is 8.42 Å². The molecule has 0 amide bonds. The van der Waals surface area contributed by atoms with Gasteiger partial charge < -0.3 is 14.8 Å². The highest BCUT2D eigenvalue weighted by Crippen LogP contribution is 2.32. The third kappa shape index (κ3) is 4.73. The lowest BCUT2D eigenvalue weighted by molar-refractivity contribution is 0.0730. The molecule has 0 radical (unpaired) electrons. The Labute approximate surface area is 205 Å². The Morgan fingerprint density at radius 1 is 0.943 bits per heavy atom. The molecular formula is C27H27N3O4S. The van der Waals surface area contributed by atoms with Gasteiger partial charge in [0.2, 0.25) is 10.0 Å². The fourth-order valence-electron chi connectivity index (χ4n) is 4.30. The van der Waals surface area contributed by atoms with Crippen molar-refractivity contribution in [1.29, 1.82) is 0 Å². The molecule has 0 bridgehead atoms. The maximum absolute atomic E-state index is 12.9. The molecular weight excluding hydrogens is 462 g/mol. The van der Waals surface area contributed by atoms with Crippen LogP contribution >= 0.6 is 0 Å². The molecule has 1 aromatic heterocycles. The van der Waals surface area contributed by atoms with E-state index < -0.39 is 10.0 Å². The summed E-state index contributed by atoms with van der Waals surface area (Å²) in [6, 6.07) is 21.0. The number of aromatic nitrogens is 1. The second kappa shape index (κ2) is 9.65. The molecule has 1 saturated heterocycles. The fourth-order valence-corrected chi connectivity index (χ4v) is 5.71. The maximum Gasteiger partial charge on any atom is 0.243 e. The van der Waals surface area contributed by atoms with Crippen molar-refractivity contribution in [1.82, 2.24) is 9.29 Å². The van der Waals surface area contributed by atoms with Crippen LogP contribution in [0, 0.1) is 6.92 Å². The zero-order chi connectivity index (χ0) is 24.4. The summed E-state index contributed by atoms with van der Waals surface area (Å²) in [7, 11) is -1.86. The Balaban J connectivity index is 1.45. The Kier molecular flexibility index (Phi) is 6.42. The highest BCUT2D eigenvalue weighted by atomic mass is 32.2. The molecule has 8 heteroatoms. The standard InChI is InChI=1S/C27H27N3O4S/c1-19-17-22(6-10-27(19)33-2)29-26-11-12-28-25-9-5-21(18-24(25)26)20-3-7-23(8-4-20)35(31,32)30-13-15-34-16-14-30/h3-12,17-18H,13-16H2,1-2H3,(H,28,29). The number of ether oxygens (including phenoxy) is 2. The molecule has 0 spiro atoms. The van der Waals surface area contributed by atoms with Crippen LogP contribution in [0.5, 0.6) is 5.75 Å². The summed E-state index contributed by atoms with van der Waals surface area (Å²) < 4.78 is 38.0. The van der Waals surface area contributed by atoms with E-state index in [0.29, 0.717) is 31.2 Å². The third-order valence-corrected chi connectivity index (χ3v) is 8.12. The summed E-state index contributed by atoms with van der Waals surface area (Å²) in [5.74, 6) is 0.844. The van der Waals surface area contributed by atoms with Crippen LogP contribution in [0.4, 0.5) is 11.4 Å². The summed E-state index contributed by atoms with van der Waals surface area (Å²) in [5.41, 5.74) is 5.73. The number of anilines is 2. The largest absolute Gasteiger partial charge is 0.496 e. The van der Waals surface area contributed by atoms with E-state index in [0.717, 1.165) is 44.7 Å². The molecule has 1 aliphatic rings. The number of pyridine rings is 1. The average Bonchev–Trinajstić information content (AvgIpc) is 2.89. The van der Waals surface area contributed by atoms with Crippen LogP contribution in [-0.2, 0) is 14.8 Å². The lowest BCUT2D eigenvalue weighted by Gasteiger charge is -2.26. The number of fused-ring (bicyclic) bond motifs is 1. The molecule has 7 nitrogen and oxygen atoms in total. The predicted octanol–water partition coefficient (Wildman–Crippen LogP) is 4.98. The lowest BCUT2D eigenvalue weighted by atomic mass is 10.0. The van der Waals surface area contributed by atoms with Gasteiger partial charge in [-0.3, -0.25) is 4.98 Å². The van der Waals surface area contributed by atoms with E-state index in [1.807, 2.05) is 55.5 Å². The molecule has 180 valence electrons. The van der Waals surface area contributed by atoms with E-state index in [-0.39, 0.29) is 0 Å². The number of rotatable bonds is 6. The molecule has 1 aliphatic heterocycles. The number of methoxy groups -OCH3 is 1. The number of sulfonamides is 1. The summed E-state index contributed by atoms with van der Waals surface area (Å²) in [4.78, 5) is 4.80. The smallest absolute Gasteiger partial charge is 0.243 e. The Morgan fingerprint density at radius 2 is 1.69 bits per heavy atom. The van der Waals surface area contributed by atoms with E-state index in [1.165, 1.54) is 4.31 Å². The van der Waals surface area contributed by atoms with Gasteiger partial charge in [0.1, 0.15) is 5.75 Å². The van der Waals surface area contributed by atoms with E-state index in [2.05, 4.69) is 16.4 Å². The first-order valence-corrected chi connectivity index (χ1v) is 12.9. The van der Waals surface area contributed by atoms with Crippen LogP contribution in [0.1, 0.15) is 5.56 Å². The van der Waals surface area contributed by atoms with Crippen molar-refractivity contribution in [2.24, 2.45) is 0 Å². The zero-order valence-electron chi connectivity index (χ0n) is 19.7. The van der Waals surface area contributed by atoms with Crippen LogP contribution in [0.25, 0.3) is 22.0 Å². The average molecular weight is 490 g/mol. The number of nitrogens with zero attached hydrogens (tertiary/aromatic N) is 2. The molecule has 0 atom stereocenters. The number of nitrogens with one attached hydrogen (secondary N) is 1. The van der Waals surface area contributed by atoms with Gasteiger partial charge in [-0.15, -0.1) is 0 Å². The van der Waals surface area contributed by atoms with Gasteiger partial charge in [0.05, 0.1) is 30.7 Å². The van der Waals surface area contributed by atoms with Crippen LogP contribution in [0.3, 0.4) is 0 Å².